The topological polar surface area (TPSA) is 29.5 Å². The van der Waals surface area contributed by atoms with E-state index in [2.05, 4.69) is 13.0 Å². The minimum Gasteiger partial charge on any atom is -0.491 e. The number of hydrogen-bond donors (Lipinski definition) is 1. The Labute approximate surface area is 161 Å². The summed E-state index contributed by atoms with van der Waals surface area (Å²) in [4.78, 5) is 0. The minimum absolute atomic E-state index is 0.000607. The van der Waals surface area contributed by atoms with Crippen LogP contribution in [0.15, 0.2) is 24.3 Å². The van der Waals surface area contributed by atoms with Gasteiger partial charge in [-0.15, -0.1) is 0 Å². The van der Waals surface area contributed by atoms with Crippen molar-refractivity contribution in [2.24, 2.45) is 11.8 Å². The van der Waals surface area contributed by atoms with Crippen molar-refractivity contribution >= 4 is 0 Å². The zero-order valence-corrected chi connectivity index (χ0v) is 16.5. The molecular formula is C23H32F2O2. The van der Waals surface area contributed by atoms with E-state index in [0.717, 1.165) is 51.4 Å². The fraction of sp³-hybridized carbons (Fsp3) is 0.652. The van der Waals surface area contributed by atoms with Gasteiger partial charge in [0.2, 0.25) is 5.82 Å². The number of allylic oxidation sites excluding steroid dienone is 1. The van der Waals surface area contributed by atoms with Crippen LogP contribution in [0.2, 0.25) is 0 Å². The third-order valence-electron chi connectivity index (χ3n) is 6.44. The van der Waals surface area contributed by atoms with Crippen LogP contribution in [-0.2, 0) is 0 Å². The first-order valence-electron chi connectivity index (χ1n) is 10.5. The molecule has 0 saturated heterocycles. The van der Waals surface area contributed by atoms with Crippen molar-refractivity contribution in [1.82, 2.24) is 0 Å². The zero-order valence-electron chi connectivity index (χ0n) is 16.5. The van der Waals surface area contributed by atoms with Crippen LogP contribution in [0.3, 0.4) is 0 Å². The first-order chi connectivity index (χ1) is 13.0. The maximum atomic E-state index is 14.5. The van der Waals surface area contributed by atoms with Gasteiger partial charge < -0.3 is 9.84 Å². The molecular weight excluding hydrogens is 346 g/mol. The summed E-state index contributed by atoms with van der Waals surface area (Å²) >= 11 is 0. The van der Waals surface area contributed by atoms with Gasteiger partial charge in [0.25, 0.3) is 0 Å². The lowest BCUT2D eigenvalue weighted by molar-refractivity contribution is 0.0525. The molecule has 0 unspecified atom stereocenters. The second-order valence-corrected chi connectivity index (χ2v) is 8.24. The third kappa shape index (κ3) is 4.53. The first kappa shape index (κ1) is 20.3. The highest BCUT2D eigenvalue weighted by Gasteiger charge is 2.34. The molecule has 4 heteroatoms. The number of hydrogen-bond acceptors (Lipinski definition) is 2. The smallest absolute Gasteiger partial charge is 0.200 e. The van der Waals surface area contributed by atoms with E-state index in [1.165, 1.54) is 0 Å². The largest absolute Gasteiger partial charge is 0.491 e. The van der Waals surface area contributed by atoms with Gasteiger partial charge in [0.1, 0.15) is 0 Å². The molecule has 2 aliphatic rings. The van der Waals surface area contributed by atoms with E-state index in [4.69, 9.17) is 4.74 Å². The van der Waals surface area contributed by atoms with E-state index >= 15 is 0 Å². The van der Waals surface area contributed by atoms with Gasteiger partial charge in [0.05, 0.1) is 12.2 Å². The van der Waals surface area contributed by atoms with E-state index in [1.54, 1.807) is 19.1 Å². The monoisotopic (exact) mass is 378 g/mol. The number of benzene rings is 1. The Bertz CT molecular complexity index is 665. The van der Waals surface area contributed by atoms with Crippen molar-refractivity contribution in [2.75, 3.05) is 6.61 Å². The number of rotatable bonds is 6. The molecule has 1 N–H and O–H groups in total. The molecule has 1 aromatic rings. The van der Waals surface area contributed by atoms with Crippen LogP contribution in [0.25, 0.3) is 0 Å². The molecule has 150 valence electrons. The average Bonchev–Trinajstić information content (AvgIpc) is 2.67. The maximum Gasteiger partial charge on any atom is 0.200 e. The molecule has 2 aliphatic carbocycles. The number of halogens is 2. The normalized spacial score (nSPS) is 31.1. The Balaban J connectivity index is 1.61. The molecule has 0 aromatic heterocycles. The minimum atomic E-state index is -0.859. The number of ether oxygens (including phenoxy) is 1. The molecule has 0 amide bonds. The lowest BCUT2D eigenvalue weighted by Crippen LogP contribution is -2.32. The van der Waals surface area contributed by atoms with Crippen LogP contribution in [0.4, 0.5) is 8.78 Å². The summed E-state index contributed by atoms with van der Waals surface area (Å²) in [5.74, 6) is -0.437. The predicted molar refractivity (Wildman–Crippen MR) is 104 cm³/mol. The predicted octanol–water partition coefficient (Wildman–Crippen LogP) is 6.13. The van der Waals surface area contributed by atoms with E-state index in [9.17, 15) is 13.9 Å². The SMILES string of the molecule is CCC[C@]1(O)C=C[C@@H](C2CCC(c3ccc(OCC)c(F)c3F)CC2)CC1. The van der Waals surface area contributed by atoms with Crippen molar-refractivity contribution in [3.8, 4) is 5.75 Å². The van der Waals surface area contributed by atoms with Crippen LogP contribution >= 0.6 is 0 Å². The Morgan fingerprint density at radius 3 is 2.41 bits per heavy atom. The molecule has 0 spiro atoms. The van der Waals surface area contributed by atoms with Gasteiger partial charge in [-0.2, -0.15) is 4.39 Å². The standard InChI is InChI=1S/C23H32F2O2/c1-3-13-23(26)14-11-17(12-15-23)16-5-7-18(8-6-16)19-9-10-20(27-4-2)22(25)21(19)24/h9-11,14,16-18,26H,3-8,12-13,15H2,1-2H3/t16?,17-,18?,23+/m1/s1. The van der Waals surface area contributed by atoms with E-state index < -0.39 is 17.2 Å². The van der Waals surface area contributed by atoms with Gasteiger partial charge in [0.15, 0.2) is 11.6 Å². The Hall–Kier alpha value is -1.42. The second-order valence-electron chi connectivity index (χ2n) is 8.24. The summed E-state index contributed by atoms with van der Waals surface area (Å²) in [5.41, 5.74) is -0.128. The van der Waals surface area contributed by atoms with E-state index in [0.29, 0.717) is 24.0 Å². The van der Waals surface area contributed by atoms with Crippen LogP contribution < -0.4 is 4.74 Å². The lowest BCUT2D eigenvalue weighted by Gasteiger charge is -2.37. The van der Waals surface area contributed by atoms with Gasteiger partial charge in [-0.25, -0.2) is 4.39 Å². The molecule has 1 fully saturated rings. The Morgan fingerprint density at radius 2 is 1.81 bits per heavy atom. The maximum absolute atomic E-state index is 14.5. The van der Waals surface area contributed by atoms with Crippen molar-refractivity contribution < 1.29 is 18.6 Å². The molecule has 0 aliphatic heterocycles. The molecule has 0 radical (unpaired) electrons. The molecule has 1 aromatic carbocycles. The molecule has 2 atom stereocenters. The summed E-state index contributed by atoms with van der Waals surface area (Å²) in [6.07, 6.45) is 11.7. The second kappa shape index (κ2) is 8.72. The molecule has 0 bridgehead atoms. The average molecular weight is 379 g/mol. The van der Waals surface area contributed by atoms with Crippen LogP contribution in [0.1, 0.15) is 76.7 Å². The van der Waals surface area contributed by atoms with Crippen LogP contribution in [0, 0.1) is 23.5 Å². The van der Waals surface area contributed by atoms with Crippen molar-refractivity contribution in [3.05, 3.63) is 41.5 Å². The van der Waals surface area contributed by atoms with Crippen LogP contribution in [-0.4, -0.2) is 17.3 Å². The lowest BCUT2D eigenvalue weighted by atomic mass is 9.69. The van der Waals surface area contributed by atoms with Crippen molar-refractivity contribution in [1.29, 1.82) is 0 Å². The molecule has 3 rings (SSSR count). The Kier molecular flexibility index (Phi) is 6.56. The quantitative estimate of drug-likeness (QED) is 0.603. The van der Waals surface area contributed by atoms with Crippen molar-refractivity contribution in [3.63, 3.8) is 0 Å². The highest BCUT2D eigenvalue weighted by Crippen LogP contribution is 2.44. The molecule has 2 nitrogen and oxygen atoms in total. The summed E-state index contributed by atoms with van der Waals surface area (Å²) < 4.78 is 33.8. The van der Waals surface area contributed by atoms with E-state index in [-0.39, 0.29) is 11.7 Å². The van der Waals surface area contributed by atoms with Gasteiger partial charge >= 0.3 is 0 Å². The van der Waals surface area contributed by atoms with Gasteiger partial charge in [-0.3, -0.25) is 0 Å². The number of aliphatic hydroxyl groups is 1. The highest BCUT2D eigenvalue weighted by atomic mass is 19.2. The van der Waals surface area contributed by atoms with Gasteiger partial charge in [-0.05, 0) is 81.3 Å². The Morgan fingerprint density at radius 1 is 1.07 bits per heavy atom. The highest BCUT2D eigenvalue weighted by molar-refractivity contribution is 5.33. The molecule has 27 heavy (non-hydrogen) atoms. The molecule has 0 heterocycles. The third-order valence-corrected chi connectivity index (χ3v) is 6.44. The summed E-state index contributed by atoms with van der Waals surface area (Å²) in [6, 6.07) is 3.25. The fourth-order valence-corrected chi connectivity index (χ4v) is 4.92. The van der Waals surface area contributed by atoms with Gasteiger partial charge in [0, 0.05) is 0 Å². The summed E-state index contributed by atoms with van der Waals surface area (Å²) in [5, 5.41) is 10.5. The first-order valence-corrected chi connectivity index (χ1v) is 10.5. The molecule has 1 saturated carbocycles. The van der Waals surface area contributed by atoms with Crippen molar-refractivity contribution in [2.45, 2.75) is 76.7 Å². The summed E-state index contributed by atoms with van der Waals surface area (Å²) in [6.45, 7) is 4.18. The van der Waals surface area contributed by atoms with Gasteiger partial charge in [-0.1, -0.05) is 31.6 Å². The van der Waals surface area contributed by atoms with E-state index in [1.807, 2.05) is 6.08 Å². The fourth-order valence-electron chi connectivity index (χ4n) is 4.92. The van der Waals surface area contributed by atoms with Crippen LogP contribution in [0.5, 0.6) is 5.75 Å². The zero-order chi connectivity index (χ0) is 19.4. The summed E-state index contributed by atoms with van der Waals surface area (Å²) in [7, 11) is 0.